The van der Waals surface area contributed by atoms with Crippen molar-refractivity contribution in [2.45, 2.75) is 31.3 Å². The van der Waals surface area contributed by atoms with Crippen LogP contribution in [0, 0.1) is 3.57 Å². The molecule has 1 unspecified atom stereocenters. The number of halogens is 1. The fraction of sp³-hybridized carbons (Fsp3) is 0.280. The van der Waals surface area contributed by atoms with Crippen LogP contribution in [0.4, 0.5) is 0 Å². The number of benzene rings is 3. The van der Waals surface area contributed by atoms with Gasteiger partial charge >= 0.3 is 0 Å². The standard InChI is InChI=1S/C25H26INO/c26-20-12-13-24-22(18-20)21-10-4-5-11-23(21)25(24,28)15-6-7-16-27-17-14-19-8-2-1-3-9-19/h1-5,8-13,18,27-28H,6-7,14-17H2. The Morgan fingerprint density at radius 1 is 0.786 bits per heavy atom. The van der Waals surface area contributed by atoms with E-state index in [0.29, 0.717) is 0 Å². The Morgan fingerprint density at radius 3 is 2.39 bits per heavy atom. The maximum Gasteiger partial charge on any atom is 0.116 e. The Kier molecular flexibility index (Phi) is 6.14. The van der Waals surface area contributed by atoms with Gasteiger partial charge in [0.1, 0.15) is 5.60 Å². The first-order valence-corrected chi connectivity index (χ1v) is 11.1. The van der Waals surface area contributed by atoms with E-state index < -0.39 is 5.60 Å². The summed E-state index contributed by atoms with van der Waals surface area (Å²) in [5, 5.41) is 15.1. The first-order chi connectivity index (χ1) is 13.7. The van der Waals surface area contributed by atoms with E-state index in [4.69, 9.17) is 0 Å². The van der Waals surface area contributed by atoms with E-state index in [1.165, 1.54) is 20.3 Å². The predicted molar refractivity (Wildman–Crippen MR) is 124 cm³/mol. The average Bonchev–Trinajstić information content (AvgIpc) is 2.97. The first-order valence-electron chi connectivity index (χ1n) is 10.1. The third-order valence-electron chi connectivity index (χ3n) is 5.67. The summed E-state index contributed by atoms with van der Waals surface area (Å²) in [4.78, 5) is 0. The lowest BCUT2D eigenvalue weighted by Crippen LogP contribution is -2.25. The summed E-state index contributed by atoms with van der Waals surface area (Å²) in [6.45, 7) is 1.99. The van der Waals surface area contributed by atoms with Gasteiger partial charge in [-0.15, -0.1) is 0 Å². The van der Waals surface area contributed by atoms with Crippen LogP contribution in [0.15, 0.2) is 72.8 Å². The SMILES string of the molecule is OC1(CCCCNCCc2ccccc2)c2ccccc2-c2cc(I)ccc21. The van der Waals surface area contributed by atoms with Gasteiger partial charge in [-0.1, -0.05) is 60.7 Å². The highest BCUT2D eigenvalue weighted by Gasteiger charge is 2.40. The minimum Gasteiger partial charge on any atom is -0.380 e. The van der Waals surface area contributed by atoms with Crippen LogP contribution in [0.5, 0.6) is 0 Å². The summed E-state index contributed by atoms with van der Waals surface area (Å²) < 4.78 is 1.21. The minimum absolute atomic E-state index is 0.762. The number of fused-ring (bicyclic) bond motifs is 3. The fourth-order valence-electron chi connectivity index (χ4n) is 4.23. The van der Waals surface area contributed by atoms with Crippen molar-refractivity contribution >= 4 is 22.6 Å². The Bertz CT molecular complexity index is 940. The van der Waals surface area contributed by atoms with Crippen molar-refractivity contribution in [3.05, 3.63) is 93.1 Å². The molecule has 1 aliphatic rings. The Morgan fingerprint density at radius 2 is 1.54 bits per heavy atom. The zero-order valence-corrected chi connectivity index (χ0v) is 18.2. The van der Waals surface area contributed by atoms with E-state index >= 15 is 0 Å². The van der Waals surface area contributed by atoms with Crippen LogP contribution in [0.3, 0.4) is 0 Å². The molecule has 0 saturated carbocycles. The molecule has 0 saturated heterocycles. The number of rotatable bonds is 8. The summed E-state index contributed by atoms with van der Waals surface area (Å²) >= 11 is 2.35. The molecule has 0 bridgehead atoms. The van der Waals surface area contributed by atoms with Gasteiger partial charge < -0.3 is 10.4 Å². The Balaban J connectivity index is 1.33. The second-order valence-corrected chi connectivity index (χ2v) is 8.78. The smallest absolute Gasteiger partial charge is 0.116 e. The van der Waals surface area contributed by atoms with Gasteiger partial charge in [-0.25, -0.2) is 0 Å². The molecule has 2 nitrogen and oxygen atoms in total. The second-order valence-electron chi connectivity index (χ2n) is 7.54. The summed E-state index contributed by atoms with van der Waals surface area (Å²) in [5.41, 5.74) is 5.00. The molecule has 1 atom stereocenters. The normalized spacial score (nSPS) is 17.4. The maximum atomic E-state index is 11.6. The summed E-state index contributed by atoms with van der Waals surface area (Å²) in [5.74, 6) is 0. The molecule has 0 aromatic heterocycles. The molecular formula is C25H26INO. The van der Waals surface area contributed by atoms with Gasteiger partial charge in [0.25, 0.3) is 0 Å². The first kappa shape index (κ1) is 19.6. The fourth-order valence-corrected chi connectivity index (χ4v) is 4.72. The van der Waals surface area contributed by atoms with Crippen molar-refractivity contribution in [2.75, 3.05) is 13.1 Å². The predicted octanol–water partition coefficient (Wildman–Crippen LogP) is 5.51. The molecular weight excluding hydrogens is 457 g/mol. The molecule has 0 aliphatic heterocycles. The topological polar surface area (TPSA) is 32.3 Å². The van der Waals surface area contributed by atoms with Crippen molar-refractivity contribution in [1.29, 1.82) is 0 Å². The van der Waals surface area contributed by atoms with E-state index in [-0.39, 0.29) is 0 Å². The van der Waals surface area contributed by atoms with Crippen molar-refractivity contribution in [3.63, 3.8) is 0 Å². The second kappa shape index (κ2) is 8.76. The van der Waals surface area contributed by atoms with Crippen LogP contribution in [-0.2, 0) is 12.0 Å². The zero-order chi connectivity index (χ0) is 19.4. The number of hydrogen-bond donors (Lipinski definition) is 2. The van der Waals surface area contributed by atoms with E-state index in [1.54, 1.807) is 0 Å². The number of hydrogen-bond acceptors (Lipinski definition) is 2. The van der Waals surface area contributed by atoms with Crippen LogP contribution in [-0.4, -0.2) is 18.2 Å². The average molecular weight is 483 g/mol. The van der Waals surface area contributed by atoms with Gasteiger partial charge in [0.2, 0.25) is 0 Å². The third-order valence-corrected chi connectivity index (χ3v) is 6.34. The molecule has 1 aliphatic carbocycles. The van der Waals surface area contributed by atoms with Crippen molar-refractivity contribution in [3.8, 4) is 11.1 Å². The molecule has 0 spiro atoms. The molecule has 3 heteroatoms. The molecule has 4 rings (SSSR count). The summed E-state index contributed by atoms with van der Waals surface area (Å²) in [7, 11) is 0. The highest BCUT2D eigenvalue weighted by molar-refractivity contribution is 14.1. The van der Waals surface area contributed by atoms with Gasteiger partial charge in [-0.3, -0.25) is 0 Å². The van der Waals surface area contributed by atoms with Crippen LogP contribution in [0.1, 0.15) is 36.0 Å². The third kappa shape index (κ3) is 4.02. The number of unbranched alkanes of at least 4 members (excludes halogenated alkanes) is 1. The molecule has 0 heterocycles. The lowest BCUT2D eigenvalue weighted by atomic mass is 9.86. The number of nitrogens with one attached hydrogen (secondary N) is 1. The van der Waals surface area contributed by atoms with Gasteiger partial charge in [0, 0.05) is 3.57 Å². The molecule has 28 heavy (non-hydrogen) atoms. The quantitative estimate of drug-likeness (QED) is 0.327. The minimum atomic E-state index is -0.861. The van der Waals surface area contributed by atoms with Gasteiger partial charge in [0.15, 0.2) is 0 Å². The van der Waals surface area contributed by atoms with E-state index in [9.17, 15) is 5.11 Å². The highest BCUT2D eigenvalue weighted by atomic mass is 127. The van der Waals surface area contributed by atoms with Crippen molar-refractivity contribution in [2.24, 2.45) is 0 Å². The van der Waals surface area contributed by atoms with E-state index in [0.717, 1.165) is 49.9 Å². The van der Waals surface area contributed by atoms with Gasteiger partial charge in [-0.05, 0) is 101 Å². The van der Waals surface area contributed by atoms with Crippen molar-refractivity contribution < 1.29 is 5.11 Å². The van der Waals surface area contributed by atoms with Crippen LogP contribution >= 0.6 is 22.6 Å². The summed E-state index contributed by atoms with van der Waals surface area (Å²) in [6, 6.07) is 25.3. The largest absolute Gasteiger partial charge is 0.380 e. The van der Waals surface area contributed by atoms with E-state index in [2.05, 4.69) is 94.6 Å². The monoisotopic (exact) mass is 483 g/mol. The molecule has 3 aromatic carbocycles. The van der Waals surface area contributed by atoms with Gasteiger partial charge in [-0.2, -0.15) is 0 Å². The molecule has 0 amide bonds. The van der Waals surface area contributed by atoms with Crippen molar-refractivity contribution in [1.82, 2.24) is 5.32 Å². The lowest BCUT2D eigenvalue weighted by molar-refractivity contribution is 0.0728. The maximum absolute atomic E-state index is 11.6. The molecule has 2 N–H and O–H groups in total. The highest BCUT2D eigenvalue weighted by Crippen LogP contribution is 2.50. The Hall–Kier alpha value is -1.69. The van der Waals surface area contributed by atoms with Crippen LogP contribution in [0.2, 0.25) is 0 Å². The molecule has 0 radical (unpaired) electrons. The molecule has 144 valence electrons. The van der Waals surface area contributed by atoms with Crippen LogP contribution < -0.4 is 5.32 Å². The Labute approximate surface area is 181 Å². The molecule has 3 aromatic rings. The van der Waals surface area contributed by atoms with Gasteiger partial charge in [0.05, 0.1) is 0 Å². The zero-order valence-electron chi connectivity index (χ0n) is 16.0. The van der Waals surface area contributed by atoms with Crippen LogP contribution in [0.25, 0.3) is 11.1 Å². The summed E-state index contributed by atoms with van der Waals surface area (Å²) in [6.07, 6.45) is 3.88. The van der Waals surface area contributed by atoms with E-state index in [1.807, 2.05) is 6.07 Å². The lowest BCUT2D eigenvalue weighted by Gasteiger charge is -2.26. The molecule has 0 fully saturated rings. The number of aliphatic hydroxyl groups is 1.